The molecule has 3 aromatic rings. The van der Waals surface area contributed by atoms with E-state index in [1.807, 2.05) is 30.3 Å². The third kappa shape index (κ3) is 5.30. The Morgan fingerprint density at radius 1 is 1.03 bits per heavy atom. The summed E-state index contributed by atoms with van der Waals surface area (Å²) in [5.41, 5.74) is 1.56. The summed E-state index contributed by atoms with van der Waals surface area (Å²) in [5.74, 6) is -0.660. The zero-order chi connectivity index (χ0) is 24.3. The molecule has 1 heterocycles. The second kappa shape index (κ2) is 9.96. The fourth-order valence-corrected chi connectivity index (χ4v) is 5.36. The predicted molar refractivity (Wildman–Crippen MR) is 132 cm³/mol. The highest BCUT2D eigenvalue weighted by Gasteiger charge is 2.32. The van der Waals surface area contributed by atoms with Gasteiger partial charge in [-0.3, -0.25) is 9.69 Å². The Morgan fingerprint density at radius 3 is 2.41 bits per heavy atom. The smallest absolute Gasteiger partial charge is 0.339 e. The van der Waals surface area contributed by atoms with E-state index in [4.69, 9.17) is 21.1 Å². The van der Waals surface area contributed by atoms with Gasteiger partial charge in [-0.15, -0.1) is 0 Å². The minimum absolute atomic E-state index is 0.0411. The Morgan fingerprint density at radius 2 is 1.74 bits per heavy atom. The number of amides is 1. The SMILES string of the molecule is COc1cc(C=C2SC(=S)N(Cc3ccccc3)C2=O)ccc1OS(=O)(=O)c1ccc(F)cc1. The molecule has 0 aliphatic carbocycles. The third-order valence-electron chi connectivity index (χ3n) is 4.84. The molecule has 0 spiro atoms. The molecule has 0 saturated carbocycles. The molecule has 10 heteroatoms. The van der Waals surface area contributed by atoms with Crippen molar-refractivity contribution in [3.05, 3.63) is 94.6 Å². The maximum atomic E-state index is 13.1. The van der Waals surface area contributed by atoms with Crippen LogP contribution in [0.1, 0.15) is 11.1 Å². The highest BCUT2D eigenvalue weighted by molar-refractivity contribution is 8.26. The second-order valence-corrected chi connectivity index (χ2v) is 10.4. The Kier molecular flexibility index (Phi) is 7.01. The maximum absolute atomic E-state index is 13.1. The molecule has 4 rings (SSSR count). The van der Waals surface area contributed by atoms with Gasteiger partial charge in [-0.1, -0.05) is 60.4 Å². The number of thioether (sulfide) groups is 1. The predicted octanol–water partition coefficient (Wildman–Crippen LogP) is 5.00. The van der Waals surface area contributed by atoms with Crippen molar-refractivity contribution >= 4 is 50.4 Å². The summed E-state index contributed by atoms with van der Waals surface area (Å²) in [6.45, 7) is 0.375. The molecule has 6 nitrogen and oxygen atoms in total. The van der Waals surface area contributed by atoms with E-state index >= 15 is 0 Å². The van der Waals surface area contributed by atoms with Gasteiger partial charge in [0.2, 0.25) is 0 Å². The third-order valence-corrected chi connectivity index (χ3v) is 7.47. The van der Waals surface area contributed by atoms with Crippen LogP contribution in [0.25, 0.3) is 6.08 Å². The summed E-state index contributed by atoms with van der Waals surface area (Å²) in [6.07, 6.45) is 1.66. The number of thiocarbonyl (C=S) groups is 1. The van der Waals surface area contributed by atoms with Gasteiger partial charge in [0.15, 0.2) is 11.5 Å². The van der Waals surface area contributed by atoms with Crippen LogP contribution in [0.4, 0.5) is 4.39 Å². The molecule has 0 N–H and O–H groups in total. The van der Waals surface area contributed by atoms with Crippen LogP contribution < -0.4 is 8.92 Å². The molecule has 1 amide bonds. The Bertz CT molecular complexity index is 1370. The number of halogens is 1. The zero-order valence-corrected chi connectivity index (χ0v) is 20.3. The molecule has 34 heavy (non-hydrogen) atoms. The first kappa shape index (κ1) is 23.9. The molecule has 1 aliphatic heterocycles. The molecule has 1 fully saturated rings. The quantitative estimate of drug-likeness (QED) is 0.249. The lowest BCUT2D eigenvalue weighted by Crippen LogP contribution is -2.27. The molecular formula is C24H18FNO5S3. The summed E-state index contributed by atoms with van der Waals surface area (Å²) in [5, 5.41) is 0. The second-order valence-electron chi connectivity index (χ2n) is 7.16. The van der Waals surface area contributed by atoms with Crippen LogP contribution in [-0.2, 0) is 21.5 Å². The van der Waals surface area contributed by atoms with Crippen LogP contribution in [0.15, 0.2) is 82.6 Å². The molecule has 1 saturated heterocycles. The monoisotopic (exact) mass is 515 g/mol. The Hall–Kier alpha value is -3.21. The molecule has 0 atom stereocenters. The van der Waals surface area contributed by atoms with Crippen molar-refractivity contribution < 1.29 is 26.5 Å². The number of carbonyl (C=O) groups is 1. The molecular weight excluding hydrogens is 497 g/mol. The molecule has 174 valence electrons. The maximum Gasteiger partial charge on any atom is 0.339 e. The van der Waals surface area contributed by atoms with Crippen molar-refractivity contribution in [2.24, 2.45) is 0 Å². The van der Waals surface area contributed by atoms with Crippen LogP contribution in [0.2, 0.25) is 0 Å². The first-order valence-corrected chi connectivity index (χ1v) is 12.6. The van der Waals surface area contributed by atoms with E-state index in [-0.39, 0.29) is 22.3 Å². The lowest BCUT2D eigenvalue weighted by Gasteiger charge is -2.14. The molecule has 0 radical (unpaired) electrons. The van der Waals surface area contributed by atoms with E-state index in [0.29, 0.717) is 21.3 Å². The lowest BCUT2D eigenvalue weighted by molar-refractivity contribution is -0.122. The lowest BCUT2D eigenvalue weighted by atomic mass is 10.1. The van der Waals surface area contributed by atoms with Crippen molar-refractivity contribution in [3.63, 3.8) is 0 Å². The largest absolute Gasteiger partial charge is 0.493 e. The van der Waals surface area contributed by atoms with Gasteiger partial charge in [-0.25, -0.2) is 4.39 Å². The fourth-order valence-electron chi connectivity index (χ4n) is 3.16. The van der Waals surface area contributed by atoms with E-state index in [1.54, 1.807) is 18.2 Å². The summed E-state index contributed by atoms with van der Waals surface area (Å²) in [6, 6.07) is 18.4. The Balaban J connectivity index is 1.55. The van der Waals surface area contributed by atoms with Gasteiger partial charge in [0.1, 0.15) is 15.0 Å². The number of nitrogens with zero attached hydrogens (tertiary/aromatic N) is 1. The average Bonchev–Trinajstić information content (AvgIpc) is 3.08. The van der Waals surface area contributed by atoms with E-state index < -0.39 is 15.9 Å². The van der Waals surface area contributed by atoms with Gasteiger partial charge in [-0.05, 0) is 53.6 Å². The van der Waals surface area contributed by atoms with Crippen molar-refractivity contribution in [3.8, 4) is 11.5 Å². The van der Waals surface area contributed by atoms with Crippen LogP contribution in [0.3, 0.4) is 0 Å². The van der Waals surface area contributed by atoms with Crippen LogP contribution in [0.5, 0.6) is 11.5 Å². The normalized spacial score (nSPS) is 15.1. The molecule has 0 unspecified atom stereocenters. The fraction of sp³-hybridized carbons (Fsp3) is 0.0833. The number of carbonyl (C=O) groups excluding carboxylic acids is 1. The average molecular weight is 516 g/mol. The molecule has 0 aromatic heterocycles. The van der Waals surface area contributed by atoms with Crippen molar-refractivity contribution in [2.75, 3.05) is 7.11 Å². The number of benzene rings is 3. The standard InChI is InChI=1S/C24H18FNO5S3/c1-30-21-13-17(7-12-20(21)31-34(28,29)19-10-8-18(25)9-11-19)14-22-23(27)26(24(32)33-22)15-16-5-3-2-4-6-16/h2-14H,15H2,1H3. The molecule has 3 aromatic carbocycles. The van der Waals surface area contributed by atoms with E-state index in [2.05, 4.69) is 0 Å². The number of rotatable bonds is 7. The van der Waals surface area contributed by atoms with Gasteiger partial charge in [0.25, 0.3) is 5.91 Å². The highest BCUT2D eigenvalue weighted by atomic mass is 32.2. The highest BCUT2D eigenvalue weighted by Crippen LogP contribution is 2.36. The van der Waals surface area contributed by atoms with Crippen molar-refractivity contribution in [1.82, 2.24) is 4.90 Å². The number of ether oxygens (including phenoxy) is 1. The van der Waals surface area contributed by atoms with E-state index in [9.17, 15) is 17.6 Å². The van der Waals surface area contributed by atoms with E-state index in [0.717, 1.165) is 29.8 Å². The number of hydrogen-bond acceptors (Lipinski definition) is 7. The van der Waals surface area contributed by atoms with Gasteiger partial charge < -0.3 is 8.92 Å². The van der Waals surface area contributed by atoms with Crippen molar-refractivity contribution in [1.29, 1.82) is 0 Å². The van der Waals surface area contributed by atoms with Gasteiger partial charge >= 0.3 is 10.1 Å². The Labute approximate surface area is 206 Å². The van der Waals surface area contributed by atoms with Crippen LogP contribution >= 0.6 is 24.0 Å². The first-order valence-electron chi connectivity index (χ1n) is 9.94. The molecule has 0 bridgehead atoms. The molecule has 1 aliphatic rings. The van der Waals surface area contributed by atoms with Crippen LogP contribution in [0, 0.1) is 5.82 Å². The summed E-state index contributed by atoms with van der Waals surface area (Å²) in [7, 11) is -2.82. The summed E-state index contributed by atoms with van der Waals surface area (Å²) in [4.78, 5) is 14.7. The minimum atomic E-state index is -4.20. The summed E-state index contributed by atoms with van der Waals surface area (Å²) < 4.78 is 49.1. The first-order chi connectivity index (χ1) is 16.3. The summed E-state index contributed by atoms with van der Waals surface area (Å²) >= 11 is 6.58. The zero-order valence-electron chi connectivity index (χ0n) is 17.8. The van der Waals surface area contributed by atoms with Crippen molar-refractivity contribution in [2.45, 2.75) is 11.4 Å². The number of hydrogen-bond donors (Lipinski definition) is 0. The van der Waals surface area contributed by atoms with Gasteiger partial charge in [-0.2, -0.15) is 8.42 Å². The van der Waals surface area contributed by atoms with Crippen LogP contribution in [-0.4, -0.2) is 30.7 Å². The minimum Gasteiger partial charge on any atom is -0.493 e. The topological polar surface area (TPSA) is 72.9 Å². The number of methoxy groups -OCH3 is 1. The van der Waals surface area contributed by atoms with E-state index in [1.165, 1.54) is 29.8 Å². The van der Waals surface area contributed by atoms with Gasteiger partial charge in [0.05, 0.1) is 18.6 Å². The van der Waals surface area contributed by atoms with Gasteiger partial charge in [0, 0.05) is 0 Å².